The highest BCUT2D eigenvalue weighted by Crippen LogP contribution is 2.28. The molecule has 0 unspecified atom stereocenters. The van der Waals surface area contributed by atoms with Gasteiger partial charge in [0.1, 0.15) is 0 Å². The molecule has 0 saturated heterocycles. The van der Waals surface area contributed by atoms with Crippen molar-refractivity contribution in [1.29, 1.82) is 0 Å². The number of halogens is 1. The van der Waals surface area contributed by atoms with E-state index < -0.39 is 0 Å². The zero-order chi connectivity index (χ0) is 14.6. The first kappa shape index (κ1) is 17.6. The van der Waals surface area contributed by atoms with E-state index in [4.69, 9.17) is 14.6 Å². The number of aliphatic hydroxyl groups excluding tert-OH is 1. The minimum absolute atomic E-state index is 0.0217. The Morgan fingerprint density at radius 3 is 2.35 bits per heavy atom. The van der Waals surface area contributed by atoms with Crippen LogP contribution in [0.15, 0.2) is 18.2 Å². The average molecular weight is 392 g/mol. The van der Waals surface area contributed by atoms with Crippen LogP contribution >= 0.6 is 22.6 Å². The molecule has 0 spiro atoms. The van der Waals surface area contributed by atoms with Crippen molar-refractivity contribution in [3.8, 4) is 11.5 Å². The number of rotatable bonds is 11. The maximum Gasteiger partial charge on any atom is 0.161 e. The molecule has 0 bridgehead atoms. The van der Waals surface area contributed by atoms with Crippen LogP contribution in [0.1, 0.15) is 44.1 Å². The fourth-order valence-electron chi connectivity index (χ4n) is 2.02. The summed E-state index contributed by atoms with van der Waals surface area (Å²) in [5, 5.41) is 9.09. The van der Waals surface area contributed by atoms with Crippen molar-refractivity contribution in [2.75, 3.05) is 18.1 Å². The van der Waals surface area contributed by atoms with E-state index in [0.717, 1.165) is 24.3 Å². The molecule has 1 N–H and O–H groups in total. The number of benzene rings is 1. The topological polar surface area (TPSA) is 38.7 Å². The van der Waals surface area contributed by atoms with E-state index in [1.165, 1.54) is 36.5 Å². The van der Waals surface area contributed by atoms with Crippen molar-refractivity contribution < 1.29 is 14.6 Å². The minimum Gasteiger partial charge on any atom is -0.493 e. The summed E-state index contributed by atoms with van der Waals surface area (Å²) in [6.45, 7) is 0.745. The van der Waals surface area contributed by atoms with E-state index >= 15 is 0 Å². The summed E-state index contributed by atoms with van der Waals surface area (Å²) in [5.74, 6) is 1.45. The van der Waals surface area contributed by atoms with Gasteiger partial charge in [0.05, 0.1) is 20.3 Å². The maximum absolute atomic E-state index is 9.09. The van der Waals surface area contributed by atoms with Crippen LogP contribution in [-0.2, 0) is 6.61 Å². The van der Waals surface area contributed by atoms with Crippen LogP contribution in [-0.4, -0.2) is 23.3 Å². The molecule has 0 radical (unpaired) electrons. The van der Waals surface area contributed by atoms with Crippen LogP contribution in [0.5, 0.6) is 11.5 Å². The summed E-state index contributed by atoms with van der Waals surface area (Å²) in [6, 6.07) is 5.55. The van der Waals surface area contributed by atoms with Gasteiger partial charge in [-0.25, -0.2) is 0 Å². The second kappa shape index (κ2) is 11.2. The third-order valence-electron chi connectivity index (χ3n) is 3.20. The third kappa shape index (κ3) is 6.79. The summed E-state index contributed by atoms with van der Waals surface area (Å²) in [7, 11) is 1.62. The molecule has 0 fully saturated rings. The lowest BCUT2D eigenvalue weighted by Gasteiger charge is -2.11. The summed E-state index contributed by atoms with van der Waals surface area (Å²) in [6.07, 6.45) is 7.61. The molecule has 0 aliphatic carbocycles. The lowest BCUT2D eigenvalue weighted by atomic mass is 10.1. The third-order valence-corrected chi connectivity index (χ3v) is 3.96. The maximum atomic E-state index is 9.09. The standard InChI is InChI=1S/C16H25IO3/c1-19-16-12-14(13-18)8-9-15(16)20-11-7-5-3-2-4-6-10-17/h8-9,12,18H,2-7,10-11,13H2,1H3. The quantitative estimate of drug-likeness (QED) is 0.346. The SMILES string of the molecule is COc1cc(CO)ccc1OCCCCCCCCI. The largest absolute Gasteiger partial charge is 0.493 e. The monoisotopic (exact) mass is 392 g/mol. The fourth-order valence-corrected chi connectivity index (χ4v) is 2.55. The van der Waals surface area contributed by atoms with Crippen LogP contribution in [0.4, 0.5) is 0 Å². The van der Waals surface area contributed by atoms with Gasteiger partial charge in [-0.2, -0.15) is 0 Å². The predicted octanol–water partition coefficient (Wildman–Crippen LogP) is 4.34. The smallest absolute Gasteiger partial charge is 0.161 e. The van der Waals surface area contributed by atoms with Gasteiger partial charge >= 0.3 is 0 Å². The number of methoxy groups -OCH3 is 1. The second-order valence-corrected chi connectivity index (χ2v) is 5.88. The van der Waals surface area contributed by atoms with Crippen molar-refractivity contribution in [2.45, 2.75) is 45.1 Å². The molecule has 0 aliphatic rings. The minimum atomic E-state index is 0.0217. The summed E-state index contributed by atoms with van der Waals surface area (Å²) in [5.41, 5.74) is 0.837. The van der Waals surface area contributed by atoms with Gasteiger partial charge in [0, 0.05) is 0 Å². The van der Waals surface area contributed by atoms with Gasteiger partial charge in [0.2, 0.25) is 0 Å². The van der Waals surface area contributed by atoms with Crippen molar-refractivity contribution in [2.24, 2.45) is 0 Å². The summed E-state index contributed by atoms with van der Waals surface area (Å²) in [4.78, 5) is 0. The Balaban J connectivity index is 2.21. The van der Waals surface area contributed by atoms with Crippen molar-refractivity contribution >= 4 is 22.6 Å². The van der Waals surface area contributed by atoms with E-state index in [0.29, 0.717) is 5.75 Å². The number of hydrogen-bond donors (Lipinski definition) is 1. The van der Waals surface area contributed by atoms with Gasteiger partial charge in [-0.05, 0) is 35.0 Å². The van der Waals surface area contributed by atoms with Crippen molar-refractivity contribution in [1.82, 2.24) is 0 Å². The van der Waals surface area contributed by atoms with Gasteiger partial charge in [0.15, 0.2) is 11.5 Å². The number of alkyl halides is 1. The molecule has 114 valence electrons. The van der Waals surface area contributed by atoms with Crippen LogP contribution in [0, 0.1) is 0 Å². The Bertz CT molecular complexity index is 369. The molecule has 0 aliphatic heterocycles. The summed E-state index contributed by atoms with van der Waals surface area (Å²) < 4.78 is 12.3. The van der Waals surface area contributed by atoms with Crippen LogP contribution in [0.2, 0.25) is 0 Å². The van der Waals surface area contributed by atoms with Crippen LogP contribution in [0.25, 0.3) is 0 Å². The molecule has 0 amide bonds. The predicted molar refractivity (Wildman–Crippen MR) is 91.0 cm³/mol. The van der Waals surface area contributed by atoms with Gasteiger partial charge in [0.25, 0.3) is 0 Å². The van der Waals surface area contributed by atoms with Gasteiger partial charge in [-0.3, -0.25) is 0 Å². The highest BCUT2D eigenvalue weighted by Gasteiger charge is 2.05. The van der Waals surface area contributed by atoms with E-state index in [9.17, 15) is 0 Å². The van der Waals surface area contributed by atoms with E-state index in [-0.39, 0.29) is 6.61 Å². The normalized spacial score (nSPS) is 10.6. The van der Waals surface area contributed by atoms with Crippen LogP contribution in [0.3, 0.4) is 0 Å². The lowest BCUT2D eigenvalue weighted by molar-refractivity contribution is 0.274. The average Bonchev–Trinajstić information content (AvgIpc) is 2.50. The van der Waals surface area contributed by atoms with E-state index in [1.54, 1.807) is 7.11 Å². The molecule has 1 aromatic rings. The molecule has 1 aromatic carbocycles. The summed E-state index contributed by atoms with van der Waals surface area (Å²) >= 11 is 2.43. The lowest BCUT2D eigenvalue weighted by Crippen LogP contribution is -2.00. The highest BCUT2D eigenvalue weighted by atomic mass is 127. The van der Waals surface area contributed by atoms with Crippen molar-refractivity contribution in [3.05, 3.63) is 23.8 Å². The van der Waals surface area contributed by atoms with Gasteiger partial charge < -0.3 is 14.6 Å². The number of unbranched alkanes of at least 4 members (excludes halogenated alkanes) is 5. The molecule has 0 saturated carbocycles. The zero-order valence-electron chi connectivity index (χ0n) is 12.2. The molecule has 0 atom stereocenters. The second-order valence-electron chi connectivity index (χ2n) is 4.80. The van der Waals surface area contributed by atoms with E-state index in [1.807, 2.05) is 18.2 Å². The van der Waals surface area contributed by atoms with Crippen LogP contribution < -0.4 is 9.47 Å². The molecule has 4 heteroatoms. The Morgan fingerprint density at radius 2 is 1.70 bits per heavy atom. The molecular formula is C16H25IO3. The zero-order valence-corrected chi connectivity index (χ0v) is 14.4. The first-order chi connectivity index (χ1) is 9.81. The Morgan fingerprint density at radius 1 is 1.00 bits per heavy atom. The molecule has 0 heterocycles. The number of hydrogen-bond acceptors (Lipinski definition) is 3. The molecule has 1 rings (SSSR count). The Kier molecular flexibility index (Phi) is 9.83. The van der Waals surface area contributed by atoms with Gasteiger partial charge in [-0.1, -0.05) is 54.3 Å². The fraction of sp³-hybridized carbons (Fsp3) is 0.625. The first-order valence-corrected chi connectivity index (χ1v) is 8.81. The number of aliphatic hydroxyl groups is 1. The Hall–Kier alpha value is -0.490. The highest BCUT2D eigenvalue weighted by molar-refractivity contribution is 14.1. The molecule has 0 aromatic heterocycles. The van der Waals surface area contributed by atoms with Crippen molar-refractivity contribution in [3.63, 3.8) is 0 Å². The van der Waals surface area contributed by atoms with Gasteiger partial charge in [-0.15, -0.1) is 0 Å². The molecule has 20 heavy (non-hydrogen) atoms. The number of ether oxygens (including phenoxy) is 2. The molecular weight excluding hydrogens is 367 g/mol. The molecule has 3 nitrogen and oxygen atoms in total. The van der Waals surface area contributed by atoms with E-state index in [2.05, 4.69) is 22.6 Å². The first-order valence-electron chi connectivity index (χ1n) is 7.28. The Labute approximate surface area is 135 Å².